The lowest BCUT2D eigenvalue weighted by Gasteiger charge is -2.37. The van der Waals surface area contributed by atoms with Crippen LogP contribution in [0.15, 0.2) is 27.8 Å². The fraction of sp³-hybridized carbons (Fsp3) is 0.588. The molecule has 0 saturated heterocycles. The third-order valence-electron chi connectivity index (χ3n) is 4.57. The highest BCUT2D eigenvalue weighted by molar-refractivity contribution is 9.10. The third kappa shape index (κ3) is 6.41. The van der Waals surface area contributed by atoms with Crippen LogP contribution in [0.3, 0.4) is 0 Å². The highest BCUT2D eigenvalue weighted by Crippen LogP contribution is 2.36. The molecule has 2 atom stereocenters. The van der Waals surface area contributed by atoms with Crippen LogP contribution in [-0.2, 0) is 4.43 Å². The minimum atomic E-state index is -2.04. The molecule has 0 unspecified atom stereocenters. The van der Waals surface area contributed by atoms with Gasteiger partial charge in [-0.3, -0.25) is 4.79 Å². The topological polar surface area (TPSA) is 105 Å². The van der Waals surface area contributed by atoms with Crippen LogP contribution >= 0.6 is 15.9 Å². The number of benzene rings is 1. The van der Waals surface area contributed by atoms with E-state index >= 15 is 0 Å². The van der Waals surface area contributed by atoms with Gasteiger partial charge < -0.3 is 14.3 Å². The van der Waals surface area contributed by atoms with E-state index in [2.05, 4.69) is 59.8 Å². The number of aldehydes is 1. The van der Waals surface area contributed by atoms with Gasteiger partial charge in [0.25, 0.3) is 0 Å². The first kappa shape index (κ1) is 22.7. The summed E-state index contributed by atoms with van der Waals surface area (Å²) in [5, 5.41) is 14.0. The van der Waals surface area contributed by atoms with Crippen LogP contribution in [0.4, 0.5) is 0 Å². The molecule has 0 fully saturated rings. The van der Waals surface area contributed by atoms with Crippen molar-refractivity contribution < 1.29 is 19.1 Å². The average Bonchev–Trinajstić information content (AvgIpc) is 2.55. The first-order chi connectivity index (χ1) is 12.0. The van der Waals surface area contributed by atoms with Gasteiger partial charge in [0, 0.05) is 16.0 Å². The van der Waals surface area contributed by atoms with E-state index in [9.17, 15) is 9.90 Å². The van der Waals surface area contributed by atoms with Crippen LogP contribution in [0.25, 0.3) is 10.4 Å². The van der Waals surface area contributed by atoms with Crippen molar-refractivity contribution in [1.82, 2.24) is 0 Å². The molecule has 0 heterocycles. The molecular weight excluding hydrogens is 418 g/mol. The Morgan fingerprint density at radius 2 is 2.04 bits per heavy atom. The van der Waals surface area contributed by atoms with E-state index in [4.69, 9.17) is 14.7 Å². The van der Waals surface area contributed by atoms with Crippen molar-refractivity contribution in [1.29, 1.82) is 0 Å². The number of carbonyl (C=O) groups is 1. The second-order valence-electron chi connectivity index (χ2n) is 7.52. The zero-order chi connectivity index (χ0) is 20.0. The molecule has 1 aromatic carbocycles. The van der Waals surface area contributed by atoms with E-state index in [1.807, 2.05) is 0 Å². The summed E-state index contributed by atoms with van der Waals surface area (Å²) >= 11 is 3.28. The Morgan fingerprint density at radius 3 is 2.58 bits per heavy atom. The second kappa shape index (κ2) is 9.52. The zero-order valence-corrected chi connectivity index (χ0v) is 18.4. The zero-order valence-electron chi connectivity index (χ0n) is 15.8. The maximum Gasteiger partial charge on any atom is 0.191 e. The summed E-state index contributed by atoms with van der Waals surface area (Å²) in [4.78, 5) is 13.9. The molecule has 0 radical (unpaired) electrons. The summed E-state index contributed by atoms with van der Waals surface area (Å²) in [7, 11) is -2.04. The van der Waals surface area contributed by atoms with Crippen LogP contribution in [-0.4, -0.2) is 45.1 Å². The Labute approximate surface area is 163 Å². The summed E-state index contributed by atoms with van der Waals surface area (Å²) in [6.07, 6.45) is -0.378. The molecule has 0 aliphatic carbocycles. The van der Waals surface area contributed by atoms with Gasteiger partial charge in [0.2, 0.25) is 0 Å². The van der Waals surface area contributed by atoms with E-state index in [0.717, 1.165) is 4.47 Å². The number of ether oxygens (including phenoxy) is 1. The molecule has 0 amide bonds. The molecule has 1 aromatic rings. The molecule has 1 N–H and O–H groups in total. The molecule has 1 rings (SSSR count). The molecule has 0 aliphatic rings. The number of hydrogen-bond acceptors (Lipinski definition) is 5. The number of rotatable bonds is 9. The Hall–Kier alpha value is -1.38. The van der Waals surface area contributed by atoms with E-state index in [1.165, 1.54) is 0 Å². The van der Waals surface area contributed by atoms with Crippen molar-refractivity contribution in [2.24, 2.45) is 5.11 Å². The van der Waals surface area contributed by atoms with Crippen LogP contribution in [0.2, 0.25) is 18.1 Å². The quantitative estimate of drug-likeness (QED) is 0.196. The first-order valence-electron chi connectivity index (χ1n) is 8.25. The van der Waals surface area contributed by atoms with Gasteiger partial charge in [0.05, 0.1) is 17.7 Å². The predicted molar refractivity (Wildman–Crippen MR) is 107 cm³/mol. The van der Waals surface area contributed by atoms with Gasteiger partial charge in [-0.25, -0.2) is 0 Å². The minimum Gasteiger partial charge on any atom is -0.490 e. The maximum absolute atomic E-state index is 11.1. The number of aliphatic hydroxyl groups excluding tert-OH is 1. The van der Waals surface area contributed by atoms with Crippen LogP contribution in [0.1, 0.15) is 31.1 Å². The molecule has 144 valence electrons. The molecule has 0 aromatic heterocycles. The Balaban J connectivity index is 2.76. The average molecular weight is 444 g/mol. The van der Waals surface area contributed by atoms with E-state index in [1.54, 1.807) is 18.2 Å². The van der Waals surface area contributed by atoms with E-state index in [-0.39, 0.29) is 18.3 Å². The molecule has 26 heavy (non-hydrogen) atoms. The third-order valence-corrected chi connectivity index (χ3v) is 9.57. The summed E-state index contributed by atoms with van der Waals surface area (Å²) < 4.78 is 12.3. The summed E-state index contributed by atoms with van der Waals surface area (Å²) in [6.45, 7) is 10.5. The minimum absolute atomic E-state index is 0.00560. The molecule has 0 aliphatic heterocycles. The fourth-order valence-corrected chi connectivity index (χ4v) is 3.23. The first-order valence-corrected chi connectivity index (χ1v) is 12.0. The van der Waals surface area contributed by atoms with Crippen LogP contribution < -0.4 is 4.74 Å². The van der Waals surface area contributed by atoms with E-state index < -0.39 is 20.5 Å². The molecule has 9 heteroatoms. The number of carbonyl (C=O) groups excluding carboxylic acids is 1. The highest BCUT2D eigenvalue weighted by Gasteiger charge is 2.38. The second-order valence-corrected chi connectivity index (χ2v) is 13.2. The Kier molecular flexibility index (Phi) is 8.30. The van der Waals surface area contributed by atoms with Crippen molar-refractivity contribution in [2.45, 2.75) is 51.0 Å². The highest BCUT2D eigenvalue weighted by atomic mass is 79.9. The van der Waals surface area contributed by atoms with Gasteiger partial charge in [-0.15, -0.1) is 0 Å². The summed E-state index contributed by atoms with van der Waals surface area (Å²) in [5.74, 6) is 0.354. The molecule has 0 saturated carbocycles. The Morgan fingerprint density at radius 1 is 1.38 bits per heavy atom. The SMILES string of the molecule is CC(C)(C)[Si](C)(C)OC[C@H](N=[N+]=[N-])[C@H](O)COc1ccc(Br)cc1C=O. The summed E-state index contributed by atoms with van der Waals surface area (Å²) in [6, 6.07) is 4.22. The largest absolute Gasteiger partial charge is 0.490 e. The normalized spacial score (nSPS) is 14.3. The monoisotopic (exact) mass is 443 g/mol. The number of azide groups is 1. The van der Waals surface area contributed by atoms with Gasteiger partial charge in [0.1, 0.15) is 12.4 Å². The van der Waals surface area contributed by atoms with Crippen molar-refractivity contribution >= 4 is 30.5 Å². The van der Waals surface area contributed by atoms with Gasteiger partial charge >= 0.3 is 0 Å². The number of nitrogens with zero attached hydrogens (tertiary/aromatic N) is 3. The lowest BCUT2D eigenvalue weighted by atomic mass is 10.2. The number of halogens is 1. The smallest absolute Gasteiger partial charge is 0.191 e. The molecule has 7 nitrogen and oxygen atoms in total. The van der Waals surface area contributed by atoms with E-state index in [0.29, 0.717) is 17.6 Å². The van der Waals surface area contributed by atoms with Gasteiger partial charge in [-0.1, -0.05) is 41.8 Å². The van der Waals surface area contributed by atoms with Crippen LogP contribution in [0, 0.1) is 0 Å². The number of hydrogen-bond donors (Lipinski definition) is 1. The lowest BCUT2D eigenvalue weighted by molar-refractivity contribution is 0.0655. The van der Waals surface area contributed by atoms with Crippen molar-refractivity contribution in [3.8, 4) is 5.75 Å². The fourth-order valence-electron chi connectivity index (χ4n) is 1.83. The van der Waals surface area contributed by atoms with Crippen molar-refractivity contribution in [3.05, 3.63) is 38.7 Å². The lowest BCUT2D eigenvalue weighted by Crippen LogP contribution is -2.44. The molecule has 0 bridgehead atoms. The number of aliphatic hydroxyl groups is 1. The molecule has 0 spiro atoms. The van der Waals surface area contributed by atoms with Gasteiger partial charge in [0.15, 0.2) is 14.6 Å². The van der Waals surface area contributed by atoms with Gasteiger partial charge in [-0.2, -0.15) is 0 Å². The molecular formula is C17H26BrN3O4Si. The van der Waals surface area contributed by atoms with Crippen molar-refractivity contribution in [3.63, 3.8) is 0 Å². The van der Waals surface area contributed by atoms with Crippen molar-refractivity contribution in [2.75, 3.05) is 13.2 Å². The Bertz CT molecular complexity index is 672. The standard InChI is InChI=1S/C17H26BrN3O4Si/c1-17(2,3)26(4,5)25-10-14(20-21-19)15(23)11-24-16-7-6-13(18)8-12(16)9-22/h6-9,14-15,23H,10-11H2,1-5H3/t14-,15+/m0/s1. The summed E-state index contributed by atoms with van der Waals surface area (Å²) in [5.41, 5.74) is 9.15. The van der Waals surface area contributed by atoms with Gasteiger partial charge in [-0.05, 0) is 41.9 Å². The van der Waals surface area contributed by atoms with Crippen LogP contribution in [0.5, 0.6) is 5.75 Å². The maximum atomic E-state index is 11.1. The predicted octanol–water partition coefficient (Wildman–Crippen LogP) is 4.70.